The van der Waals surface area contributed by atoms with Crippen molar-refractivity contribution >= 4 is 11.6 Å². The van der Waals surface area contributed by atoms with Crippen molar-refractivity contribution in [1.82, 2.24) is 0 Å². The van der Waals surface area contributed by atoms with E-state index in [1.807, 2.05) is 34.6 Å². The molecule has 0 aliphatic rings. The molecule has 0 unspecified atom stereocenters. The van der Waals surface area contributed by atoms with Gasteiger partial charge in [0.05, 0.1) is 0 Å². The first-order valence-corrected chi connectivity index (χ1v) is 5.93. The second-order valence-corrected chi connectivity index (χ2v) is 5.64. The highest BCUT2D eigenvalue weighted by Gasteiger charge is 2.27. The van der Waals surface area contributed by atoms with Crippen molar-refractivity contribution in [2.75, 3.05) is 0 Å². The van der Waals surface area contributed by atoms with E-state index in [9.17, 15) is 9.59 Å². The minimum absolute atomic E-state index is 0.0158. The normalized spacial score (nSPS) is 11.6. The van der Waals surface area contributed by atoms with Gasteiger partial charge in [-0.1, -0.05) is 58.9 Å². The van der Waals surface area contributed by atoms with Gasteiger partial charge in [-0.25, -0.2) is 0 Å². The van der Waals surface area contributed by atoms with E-state index in [-0.39, 0.29) is 17.5 Å². The Hall–Kier alpha value is -1.44. The first kappa shape index (κ1) is 13.6. The Balaban J connectivity index is 3.27. The van der Waals surface area contributed by atoms with Crippen molar-refractivity contribution in [3.05, 3.63) is 35.4 Å². The van der Waals surface area contributed by atoms with Crippen LogP contribution in [0.15, 0.2) is 24.3 Å². The monoisotopic (exact) mass is 232 g/mol. The van der Waals surface area contributed by atoms with E-state index in [1.165, 1.54) is 0 Å². The minimum Gasteiger partial charge on any atom is -0.294 e. The summed E-state index contributed by atoms with van der Waals surface area (Å²) in [4.78, 5) is 24.3. The number of Topliss-reactive ketones (excluding diaryl/α,β-unsaturated/α-hetero) is 2. The van der Waals surface area contributed by atoms with Crippen molar-refractivity contribution < 1.29 is 9.59 Å². The fourth-order valence-corrected chi connectivity index (χ4v) is 1.61. The Kier molecular flexibility index (Phi) is 3.87. The average molecular weight is 232 g/mol. The van der Waals surface area contributed by atoms with Gasteiger partial charge in [0.25, 0.3) is 0 Å². The molecule has 17 heavy (non-hydrogen) atoms. The molecule has 0 fully saturated rings. The zero-order chi connectivity index (χ0) is 13.2. The van der Waals surface area contributed by atoms with Gasteiger partial charge < -0.3 is 0 Å². The van der Waals surface area contributed by atoms with Gasteiger partial charge >= 0.3 is 0 Å². The maximum atomic E-state index is 12.3. The second-order valence-electron chi connectivity index (χ2n) is 5.64. The molecule has 0 aliphatic heterocycles. The molecule has 0 saturated carbocycles. The van der Waals surface area contributed by atoms with Crippen LogP contribution in [0.5, 0.6) is 0 Å². The largest absolute Gasteiger partial charge is 0.294 e. The fraction of sp³-hybridized carbons (Fsp3) is 0.467. The van der Waals surface area contributed by atoms with Gasteiger partial charge in [0.1, 0.15) is 0 Å². The summed E-state index contributed by atoms with van der Waals surface area (Å²) >= 11 is 0. The van der Waals surface area contributed by atoms with Gasteiger partial charge in [-0.05, 0) is 0 Å². The van der Waals surface area contributed by atoms with Gasteiger partial charge in [-0.2, -0.15) is 0 Å². The van der Waals surface area contributed by atoms with Crippen LogP contribution in [0, 0.1) is 11.3 Å². The number of hydrogen-bond acceptors (Lipinski definition) is 2. The van der Waals surface area contributed by atoms with Crippen molar-refractivity contribution in [1.29, 1.82) is 0 Å². The van der Waals surface area contributed by atoms with Crippen molar-refractivity contribution in [2.45, 2.75) is 34.6 Å². The van der Waals surface area contributed by atoms with E-state index in [2.05, 4.69) is 0 Å². The lowest BCUT2D eigenvalue weighted by atomic mass is 9.83. The maximum Gasteiger partial charge on any atom is 0.168 e. The van der Waals surface area contributed by atoms with Gasteiger partial charge in [0.15, 0.2) is 11.6 Å². The van der Waals surface area contributed by atoms with Crippen molar-refractivity contribution in [3.8, 4) is 0 Å². The van der Waals surface area contributed by atoms with Crippen LogP contribution in [0.25, 0.3) is 0 Å². The predicted octanol–water partition coefficient (Wildman–Crippen LogP) is 3.75. The van der Waals surface area contributed by atoms with Gasteiger partial charge in [0.2, 0.25) is 0 Å². The summed E-state index contributed by atoms with van der Waals surface area (Å²) in [6, 6.07) is 7.08. The third-order valence-corrected chi connectivity index (χ3v) is 2.64. The molecular formula is C15H20O2. The number of ketones is 2. The zero-order valence-corrected chi connectivity index (χ0v) is 11.2. The third kappa shape index (κ3) is 3.02. The van der Waals surface area contributed by atoms with Gasteiger partial charge in [-0.15, -0.1) is 0 Å². The Morgan fingerprint density at radius 1 is 1.00 bits per heavy atom. The van der Waals surface area contributed by atoms with Crippen LogP contribution in [0.2, 0.25) is 0 Å². The number of benzene rings is 1. The predicted molar refractivity (Wildman–Crippen MR) is 69.4 cm³/mol. The topological polar surface area (TPSA) is 34.1 Å². The van der Waals surface area contributed by atoms with E-state index in [4.69, 9.17) is 0 Å². The van der Waals surface area contributed by atoms with Crippen LogP contribution < -0.4 is 0 Å². The Morgan fingerprint density at radius 3 is 1.88 bits per heavy atom. The van der Waals surface area contributed by atoms with Crippen LogP contribution in [0.1, 0.15) is 55.3 Å². The van der Waals surface area contributed by atoms with E-state index in [1.54, 1.807) is 24.3 Å². The van der Waals surface area contributed by atoms with Crippen LogP contribution in [-0.4, -0.2) is 11.6 Å². The quantitative estimate of drug-likeness (QED) is 0.744. The van der Waals surface area contributed by atoms with Crippen LogP contribution in [0.3, 0.4) is 0 Å². The molecule has 2 nitrogen and oxygen atoms in total. The molecule has 0 N–H and O–H groups in total. The van der Waals surface area contributed by atoms with E-state index in [0.717, 1.165) is 0 Å². The summed E-state index contributed by atoms with van der Waals surface area (Å²) in [7, 11) is 0. The van der Waals surface area contributed by atoms with Crippen LogP contribution in [0.4, 0.5) is 0 Å². The highest BCUT2D eigenvalue weighted by Crippen LogP contribution is 2.24. The summed E-state index contributed by atoms with van der Waals surface area (Å²) in [6.07, 6.45) is 0. The molecule has 92 valence electrons. The minimum atomic E-state index is -0.465. The van der Waals surface area contributed by atoms with E-state index < -0.39 is 5.41 Å². The molecule has 0 spiro atoms. The molecule has 2 heteroatoms. The lowest BCUT2D eigenvalue weighted by molar-refractivity contribution is 0.0846. The summed E-state index contributed by atoms with van der Waals surface area (Å²) in [5.74, 6) is -0.0516. The molecule has 0 aromatic heterocycles. The summed E-state index contributed by atoms with van der Waals surface area (Å²) in [6.45, 7) is 9.30. The number of hydrogen-bond donors (Lipinski definition) is 0. The number of rotatable bonds is 3. The first-order chi connectivity index (χ1) is 7.75. The van der Waals surface area contributed by atoms with Crippen LogP contribution >= 0.6 is 0 Å². The Labute approximate surface area is 103 Å². The van der Waals surface area contributed by atoms with Gasteiger partial charge in [0, 0.05) is 22.5 Å². The average Bonchev–Trinajstić information content (AvgIpc) is 2.25. The molecule has 0 atom stereocenters. The van der Waals surface area contributed by atoms with E-state index >= 15 is 0 Å². The Bertz CT molecular complexity index is 436. The zero-order valence-electron chi connectivity index (χ0n) is 11.2. The lowest BCUT2D eigenvalue weighted by Crippen LogP contribution is -2.23. The number of carbonyl (C=O) groups is 2. The molecular weight excluding hydrogens is 212 g/mol. The van der Waals surface area contributed by atoms with Gasteiger partial charge in [-0.3, -0.25) is 9.59 Å². The second kappa shape index (κ2) is 4.82. The summed E-state index contributed by atoms with van der Waals surface area (Å²) < 4.78 is 0. The summed E-state index contributed by atoms with van der Waals surface area (Å²) in [5, 5.41) is 0. The van der Waals surface area contributed by atoms with Crippen LogP contribution in [-0.2, 0) is 0 Å². The SMILES string of the molecule is CC(C)C(=O)c1ccccc1C(=O)C(C)(C)C. The number of carbonyl (C=O) groups excluding carboxylic acids is 2. The molecule has 0 radical (unpaired) electrons. The highest BCUT2D eigenvalue weighted by molar-refractivity contribution is 6.10. The van der Waals surface area contributed by atoms with Crippen molar-refractivity contribution in [2.24, 2.45) is 11.3 Å². The highest BCUT2D eigenvalue weighted by atomic mass is 16.1. The molecule has 0 bridgehead atoms. The summed E-state index contributed by atoms with van der Waals surface area (Å²) in [5.41, 5.74) is 0.619. The molecule has 1 rings (SSSR count). The molecule has 0 saturated heterocycles. The Morgan fingerprint density at radius 2 is 1.47 bits per heavy atom. The molecule has 0 aliphatic carbocycles. The molecule has 0 heterocycles. The molecule has 0 amide bonds. The van der Waals surface area contributed by atoms with Crippen molar-refractivity contribution in [3.63, 3.8) is 0 Å². The maximum absolute atomic E-state index is 12.3. The smallest absolute Gasteiger partial charge is 0.168 e. The molecule has 1 aromatic carbocycles. The molecule has 1 aromatic rings. The lowest BCUT2D eigenvalue weighted by Gasteiger charge is -2.19. The fourth-order valence-electron chi connectivity index (χ4n) is 1.61. The van der Waals surface area contributed by atoms with E-state index in [0.29, 0.717) is 11.1 Å². The third-order valence-electron chi connectivity index (χ3n) is 2.64. The standard InChI is InChI=1S/C15H20O2/c1-10(2)13(16)11-8-6-7-9-12(11)14(17)15(3,4)5/h6-10H,1-5H3. The first-order valence-electron chi connectivity index (χ1n) is 5.93.